The number of sulfonamides is 1. The minimum atomic E-state index is -4.46. The highest BCUT2D eigenvalue weighted by Crippen LogP contribution is 2.17. The lowest BCUT2D eigenvalue weighted by Crippen LogP contribution is -2.49. The van der Waals surface area contributed by atoms with Gasteiger partial charge in [0, 0.05) is 6.61 Å². The first-order valence-electron chi connectivity index (χ1n) is 6.43. The molecule has 0 saturated carbocycles. The van der Waals surface area contributed by atoms with Crippen molar-refractivity contribution in [3.05, 3.63) is 0 Å². The Morgan fingerprint density at radius 1 is 1.48 bits per heavy atom. The van der Waals surface area contributed by atoms with Crippen LogP contribution in [0.3, 0.4) is 0 Å². The molecular weight excluding hydrogens is 313 g/mol. The third-order valence-electron chi connectivity index (χ3n) is 3.15. The van der Waals surface area contributed by atoms with Gasteiger partial charge in [-0.15, -0.1) is 0 Å². The van der Waals surface area contributed by atoms with Crippen LogP contribution in [0.2, 0.25) is 0 Å². The summed E-state index contributed by atoms with van der Waals surface area (Å²) < 4.78 is 67.2. The Bertz CT molecular complexity index is 461. The van der Waals surface area contributed by atoms with E-state index in [0.717, 1.165) is 18.4 Å². The van der Waals surface area contributed by atoms with Crippen LogP contribution in [0.15, 0.2) is 0 Å². The Hall–Kier alpha value is -0.870. The van der Waals surface area contributed by atoms with E-state index in [1.807, 2.05) is 0 Å². The molecule has 1 aliphatic rings. The Morgan fingerprint density at radius 3 is 2.57 bits per heavy atom. The summed E-state index contributed by atoms with van der Waals surface area (Å²) >= 11 is 0. The van der Waals surface area contributed by atoms with Gasteiger partial charge in [-0.1, -0.05) is 0 Å². The topological polar surface area (TPSA) is 75.7 Å². The van der Waals surface area contributed by atoms with Gasteiger partial charge in [0.1, 0.15) is 0 Å². The number of ether oxygens (including phenoxy) is 1. The van der Waals surface area contributed by atoms with Crippen molar-refractivity contribution in [2.45, 2.75) is 38.1 Å². The van der Waals surface area contributed by atoms with Crippen LogP contribution >= 0.6 is 0 Å². The smallest absolute Gasteiger partial charge is 0.377 e. The molecule has 1 saturated heterocycles. The van der Waals surface area contributed by atoms with Crippen LogP contribution in [-0.2, 0) is 19.6 Å². The maximum Gasteiger partial charge on any atom is 0.401 e. The first kappa shape index (κ1) is 18.2. The Balaban J connectivity index is 2.54. The van der Waals surface area contributed by atoms with Crippen LogP contribution in [0.4, 0.5) is 13.2 Å². The molecule has 1 aliphatic heterocycles. The number of hydrogen-bond acceptors (Lipinski definition) is 5. The zero-order chi connectivity index (χ0) is 16.3. The fraction of sp³-hybridized carbons (Fsp3) is 0.909. The number of likely N-dealkylation sites (N-methyl/N-ethyl adjacent to an activating group) is 1. The van der Waals surface area contributed by atoms with Crippen LogP contribution in [0.5, 0.6) is 0 Å². The average Bonchev–Trinajstić information content (AvgIpc) is 2.76. The summed E-state index contributed by atoms with van der Waals surface area (Å²) in [6.45, 7) is 0.384. The van der Waals surface area contributed by atoms with E-state index in [-0.39, 0.29) is 5.75 Å². The molecule has 0 unspecified atom stereocenters. The van der Waals surface area contributed by atoms with Crippen molar-refractivity contribution in [2.24, 2.45) is 0 Å². The summed E-state index contributed by atoms with van der Waals surface area (Å²) in [5.74, 6) is -1.35. The van der Waals surface area contributed by atoms with Gasteiger partial charge in [-0.2, -0.15) is 13.2 Å². The molecule has 1 heterocycles. The summed E-state index contributed by atoms with van der Waals surface area (Å²) in [6.07, 6.45) is -3.60. The number of nitrogens with zero attached hydrogens (tertiary/aromatic N) is 1. The number of alkyl halides is 3. The second-order valence-corrected chi connectivity index (χ2v) is 6.86. The van der Waals surface area contributed by atoms with Crippen LogP contribution in [0.25, 0.3) is 0 Å². The molecule has 1 N–H and O–H groups in total. The quantitative estimate of drug-likeness (QED) is 0.766. The number of amides is 1. The van der Waals surface area contributed by atoms with Crippen LogP contribution in [0.1, 0.15) is 19.8 Å². The molecule has 0 spiro atoms. The SMILES string of the molecule is C[C@@H](C(=O)NS(=O)(=O)C[C@H]1CCCO1)N(C)CC(F)(F)F. The Kier molecular flexibility index (Phi) is 6.00. The summed E-state index contributed by atoms with van der Waals surface area (Å²) in [7, 11) is -2.82. The molecule has 21 heavy (non-hydrogen) atoms. The number of hydrogen-bond donors (Lipinski definition) is 1. The Morgan fingerprint density at radius 2 is 2.10 bits per heavy atom. The van der Waals surface area contributed by atoms with E-state index in [9.17, 15) is 26.4 Å². The van der Waals surface area contributed by atoms with Crippen molar-refractivity contribution >= 4 is 15.9 Å². The molecule has 124 valence electrons. The van der Waals surface area contributed by atoms with Crippen molar-refractivity contribution < 1.29 is 31.1 Å². The second-order valence-electron chi connectivity index (χ2n) is 5.09. The standard InChI is InChI=1S/C11H19F3N2O4S/c1-8(16(2)7-11(12,13)14)10(17)15-21(18,19)6-9-4-3-5-20-9/h8-9H,3-7H2,1-2H3,(H,15,17)/t8-,9+/m0/s1. The third kappa shape index (κ3) is 6.62. The molecule has 0 aromatic heterocycles. The number of carbonyl (C=O) groups excluding carboxylic acids is 1. The zero-order valence-corrected chi connectivity index (χ0v) is 12.6. The minimum Gasteiger partial charge on any atom is -0.377 e. The van der Waals surface area contributed by atoms with E-state index >= 15 is 0 Å². The molecule has 0 aliphatic carbocycles. The highest BCUT2D eigenvalue weighted by Gasteiger charge is 2.34. The molecule has 0 aromatic rings. The lowest BCUT2D eigenvalue weighted by Gasteiger charge is -2.24. The molecule has 6 nitrogen and oxygen atoms in total. The monoisotopic (exact) mass is 332 g/mol. The predicted molar refractivity (Wildman–Crippen MR) is 69.1 cm³/mol. The van der Waals surface area contributed by atoms with Crippen molar-refractivity contribution in [1.82, 2.24) is 9.62 Å². The van der Waals surface area contributed by atoms with Crippen molar-refractivity contribution in [2.75, 3.05) is 26.0 Å². The lowest BCUT2D eigenvalue weighted by molar-refractivity contribution is -0.150. The van der Waals surface area contributed by atoms with E-state index in [0.29, 0.717) is 13.0 Å². The Labute approximate surface area is 121 Å². The van der Waals surface area contributed by atoms with E-state index in [4.69, 9.17) is 4.74 Å². The van der Waals surface area contributed by atoms with Gasteiger partial charge in [-0.05, 0) is 26.8 Å². The molecular formula is C11H19F3N2O4S. The highest BCUT2D eigenvalue weighted by molar-refractivity contribution is 7.90. The van der Waals surface area contributed by atoms with Gasteiger partial charge in [0.25, 0.3) is 0 Å². The van der Waals surface area contributed by atoms with E-state index in [2.05, 4.69) is 0 Å². The van der Waals surface area contributed by atoms with Crippen LogP contribution < -0.4 is 4.72 Å². The van der Waals surface area contributed by atoms with Gasteiger partial charge in [-0.25, -0.2) is 8.42 Å². The fourth-order valence-electron chi connectivity index (χ4n) is 1.92. The molecule has 0 bridgehead atoms. The van der Waals surface area contributed by atoms with Crippen molar-refractivity contribution in [3.8, 4) is 0 Å². The molecule has 1 fully saturated rings. The van der Waals surface area contributed by atoms with E-state index in [1.165, 1.54) is 6.92 Å². The van der Waals surface area contributed by atoms with Crippen molar-refractivity contribution in [3.63, 3.8) is 0 Å². The highest BCUT2D eigenvalue weighted by atomic mass is 32.2. The number of halogens is 3. The molecule has 1 rings (SSSR count). The largest absolute Gasteiger partial charge is 0.401 e. The van der Waals surface area contributed by atoms with Gasteiger partial charge < -0.3 is 4.74 Å². The maximum absolute atomic E-state index is 12.2. The summed E-state index contributed by atoms with van der Waals surface area (Å²) in [5.41, 5.74) is 0. The number of rotatable bonds is 6. The summed E-state index contributed by atoms with van der Waals surface area (Å²) in [5, 5.41) is 0. The molecule has 10 heteroatoms. The first-order valence-corrected chi connectivity index (χ1v) is 8.08. The average molecular weight is 332 g/mol. The summed E-state index contributed by atoms with van der Waals surface area (Å²) in [4.78, 5) is 12.5. The van der Waals surface area contributed by atoms with Gasteiger partial charge in [-0.3, -0.25) is 14.4 Å². The van der Waals surface area contributed by atoms with Gasteiger partial charge in [0.05, 0.1) is 24.4 Å². The van der Waals surface area contributed by atoms with Crippen LogP contribution in [0, 0.1) is 0 Å². The van der Waals surface area contributed by atoms with Gasteiger partial charge in [0.2, 0.25) is 15.9 Å². The lowest BCUT2D eigenvalue weighted by atomic mass is 10.3. The zero-order valence-electron chi connectivity index (χ0n) is 11.8. The van der Waals surface area contributed by atoms with E-state index < -0.39 is 40.8 Å². The fourth-order valence-corrected chi connectivity index (χ4v) is 3.23. The van der Waals surface area contributed by atoms with Crippen molar-refractivity contribution in [1.29, 1.82) is 0 Å². The summed E-state index contributed by atoms with van der Waals surface area (Å²) in [6, 6.07) is -1.22. The predicted octanol–water partition coefficient (Wildman–Crippen LogP) is 0.494. The van der Waals surface area contributed by atoms with E-state index in [1.54, 1.807) is 4.72 Å². The first-order chi connectivity index (χ1) is 9.50. The number of nitrogens with one attached hydrogen (secondary N) is 1. The molecule has 0 aromatic carbocycles. The van der Waals surface area contributed by atoms with Gasteiger partial charge in [0.15, 0.2) is 0 Å². The normalized spacial score (nSPS) is 21.5. The molecule has 2 atom stereocenters. The second kappa shape index (κ2) is 6.93. The van der Waals surface area contributed by atoms with Crippen LogP contribution in [-0.4, -0.2) is 63.5 Å². The minimum absolute atomic E-state index is 0.367. The maximum atomic E-state index is 12.2. The molecule has 1 amide bonds. The third-order valence-corrected chi connectivity index (χ3v) is 4.48. The van der Waals surface area contributed by atoms with Gasteiger partial charge >= 0.3 is 6.18 Å². The molecule has 0 radical (unpaired) electrons. The number of carbonyl (C=O) groups is 1.